The van der Waals surface area contributed by atoms with Gasteiger partial charge in [0.1, 0.15) is 0 Å². The molecular formula is C14H21N3O2. The van der Waals surface area contributed by atoms with Gasteiger partial charge in [0.15, 0.2) is 11.5 Å². The number of fused-ring (bicyclic) bond motifs is 1. The molecule has 104 valence electrons. The van der Waals surface area contributed by atoms with Crippen molar-refractivity contribution in [1.29, 1.82) is 0 Å². The molecule has 1 saturated heterocycles. The van der Waals surface area contributed by atoms with Crippen molar-refractivity contribution >= 4 is 0 Å². The lowest BCUT2D eigenvalue weighted by Gasteiger charge is -2.34. The van der Waals surface area contributed by atoms with Crippen molar-refractivity contribution in [1.82, 2.24) is 9.80 Å². The zero-order valence-electron chi connectivity index (χ0n) is 11.2. The first kappa shape index (κ1) is 12.7. The zero-order valence-corrected chi connectivity index (χ0v) is 11.2. The van der Waals surface area contributed by atoms with Crippen LogP contribution >= 0.6 is 0 Å². The monoisotopic (exact) mass is 263 g/mol. The van der Waals surface area contributed by atoms with E-state index in [1.165, 1.54) is 5.56 Å². The van der Waals surface area contributed by atoms with Gasteiger partial charge in [-0.05, 0) is 17.7 Å². The van der Waals surface area contributed by atoms with E-state index in [1.807, 2.05) is 6.07 Å². The minimum atomic E-state index is 0.344. The van der Waals surface area contributed by atoms with Crippen LogP contribution in [-0.4, -0.2) is 55.9 Å². The highest BCUT2D eigenvalue weighted by Crippen LogP contribution is 2.32. The molecule has 5 heteroatoms. The van der Waals surface area contributed by atoms with Gasteiger partial charge in [-0.15, -0.1) is 0 Å². The summed E-state index contributed by atoms with van der Waals surface area (Å²) in [6.45, 7) is 7.52. The van der Waals surface area contributed by atoms with Crippen LogP contribution in [0.5, 0.6) is 11.5 Å². The van der Waals surface area contributed by atoms with Gasteiger partial charge >= 0.3 is 0 Å². The number of hydrogen-bond acceptors (Lipinski definition) is 5. The molecule has 2 heterocycles. The summed E-state index contributed by atoms with van der Waals surface area (Å²) in [5.74, 6) is 1.73. The number of ether oxygens (including phenoxy) is 2. The van der Waals surface area contributed by atoms with Crippen LogP contribution in [0, 0.1) is 0 Å². The number of nitrogens with zero attached hydrogens (tertiary/aromatic N) is 2. The second kappa shape index (κ2) is 5.77. The van der Waals surface area contributed by atoms with Crippen LogP contribution in [0.25, 0.3) is 0 Å². The topological polar surface area (TPSA) is 51.0 Å². The Morgan fingerprint density at radius 2 is 1.74 bits per heavy atom. The lowest BCUT2D eigenvalue weighted by molar-refractivity contribution is 0.129. The van der Waals surface area contributed by atoms with E-state index in [0.717, 1.165) is 57.3 Å². The normalized spacial score (nSPS) is 19.8. The minimum absolute atomic E-state index is 0.344. The Balaban J connectivity index is 1.55. The number of hydrogen-bond donors (Lipinski definition) is 1. The van der Waals surface area contributed by atoms with E-state index in [9.17, 15) is 0 Å². The summed E-state index contributed by atoms with van der Waals surface area (Å²) in [6.07, 6.45) is 0. The Morgan fingerprint density at radius 3 is 2.53 bits per heavy atom. The zero-order chi connectivity index (χ0) is 13.1. The highest BCUT2D eigenvalue weighted by atomic mass is 16.7. The predicted molar refractivity (Wildman–Crippen MR) is 73.3 cm³/mol. The van der Waals surface area contributed by atoms with Gasteiger partial charge in [0.05, 0.1) is 0 Å². The molecule has 0 spiro atoms. The summed E-state index contributed by atoms with van der Waals surface area (Å²) in [5.41, 5.74) is 6.88. The Hall–Kier alpha value is -1.30. The SMILES string of the molecule is NCCN1CCN(Cc2ccc3c(c2)OCO3)CC1. The Kier molecular flexibility index (Phi) is 3.87. The average molecular weight is 263 g/mol. The second-order valence-corrected chi connectivity index (χ2v) is 5.09. The van der Waals surface area contributed by atoms with Crippen molar-refractivity contribution in [2.75, 3.05) is 46.1 Å². The molecule has 0 atom stereocenters. The van der Waals surface area contributed by atoms with E-state index in [2.05, 4.69) is 21.9 Å². The van der Waals surface area contributed by atoms with Crippen LogP contribution in [0.2, 0.25) is 0 Å². The quantitative estimate of drug-likeness (QED) is 0.857. The molecule has 0 amide bonds. The average Bonchev–Trinajstić information content (AvgIpc) is 2.89. The molecule has 1 aromatic rings. The maximum Gasteiger partial charge on any atom is 0.231 e. The minimum Gasteiger partial charge on any atom is -0.454 e. The fraction of sp³-hybridized carbons (Fsp3) is 0.571. The van der Waals surface area contributed by atoms with Crippen molar-refractivity contribution < 1.29 is 9.47 Å². The molecule has 1 fully saturated rings. The maximum absolute atomic E-state index is 5.59. The molecule has 2 N–H and O–H groups in total. The van der Waals surface area contributed by atoms with Gasteiger partial charge < -0.3 is 15.2 Å². The third kappa shape index (κ3) is 3.00. The summed E-state index contributed by atoms with van der Waals surface area (Å²) < 4.78 is 10.7. The Labute approximate surface area is 113 Å². The molecule has 0 saturated carbocycles. The van der Waals surface area contributed by atoms with E-state index < -0.39 is 0 Å². The Bertz CT molecular complexity index is 431. The fourth-order valence-electron chi connectivity index (χ4n) is 2.65. The lowest BCUT2D eigenvalue weighted by Crippen LogP contribution is -2.47. The van der Waals surface area contributed by atoms with Crippen LogP contribution in [0.1, 0.15) is 5.56 Å². The standard InChI is InChI=1S/C14H21N3O2/c15-3-4-16-5-7-17(8-6-16)10-12-1-2-13-14(9-12)19-11-18-13/h1-2,9H,3-8,10-11,15H2. The van der Waals surface area contributed by atoms with Gasteiger partial charge in [0.25, 0.3) is 0 Å². The van der Waals surface area contributed by atoms with E-state index in [0.29, 0.717) is 6.79 Å². The predicted octanol–water partition coefficient (Wildman–Crippen LogP) is 0.492. The van der Waals surface area contributed by atoms with E-state index in [-0.39, 0.29) is 0 Å². The van der Waals surface area contributed by atoms with Gasteiger partial charge in [-0.3, -0.25) is 9.80 Å². The molecule has 2 aliphatic heterocycles. The van der Waals surface area contributed by atoms with Gasteiger partial charge in [0, 0.05) is 45.8 Å². The molecule has 1 aromatic carbocycles. The van der Waals surface area contributed by atoms with Crippen LogP contribution < -0.4 is 15.2 Å². The number of benzene rings is 1. The van der Waals surface area contributed by atoms with Crippen LogP contribution in [-0.2, 0) is 6.54 Å². The summed E-state index contributed by atoms with van der Waals surface area (Å²) in [7, 11) is 0. The largest absolute Gasteiger partial charge is 0.454 e. The Morgan fingerprint density at radius 1 is 1.00 bits per heavy atom. The molecule has 5 nitrogen and oxygen atoms in total. The number of rotatable bonds is 4. The van der Waals surface area contributed by atoms with Gasteiger partial charge in [0.2, 0.25) is 6.79 Å². The summed E-state index contributed by atoms with van der Waals surface area (Å²) in [6, 6.07) is 6.22. The summed E-state index contributed by atoms with van der Waals surface area (Å²) >= 11 is 0. The highest BCUT2D eigenvalue weighted by molar-refractivity contribution is 5.44. The van der Waals surface area contributed by atoms with Crippen molar-refractivity contribution in [3.63, 3.8) is 0 Å². The smallest absolute Gasteiger partial charge is 0.231 e. The summed E-state index contributed by atoms with van der Waals surface area (Å²) in [4.78, 5) is 4.90. The molecule has 19 heavy (non-hydrogen) atoms. The van der Waals surface area contributed by atoms with E-state index in [4.69, 9.17) is 15.2 Å². The van der Waals surface area contributed by atoms with Crippen molar-refractivity contribution in [2.24, 2.45) is 5.73 Å². The van der Waals surface area contributed by atoms with Crippen LogP contribution in [0.3, 0.4) is 0 Å². The molecule has 0 unspecified atom stereocenters. The molecular weight excluding hydrogens is 242 g/mol. The van der Waals surface area contributed by atoms with Gasteiger partial charge in [-0.2, -0.15) is 0 Å². The first-order valence-corrected chi connectivity index (χ1v) is 6.88. The van der Waals surface area contributed by atoms with Crippen LogP contribution in [0.4, 0.5) is 0 Å². The number of nitrogens with two attached hydrogens (primary N) is 1. The van der Waals surface area contributed by atoms with Gasteiger partial charge in [-0.1, -0.05) is 6.07 Å². The molecule has 0 radical (unpaired) electrons. The van der Waals surface area contributed by atoms with E-state index >= 15 is 0 Å². The fourth-order valence-corrected chi connectivity index (χ4v) is 2.65. The number of piperazine rings is 1. The van der Waals surface area contributed by atoms with Crippen molar-refractivity contribution in [3.05, 3.63) is 23.8 Å². The van der Waals surface area contributed by atoms with Crippen LogP contribution in [0.15, 0.2) is 18.2 Å². The third-order valence-corrected chi connectivity index (χ3v) is 3.75. The van der Waals surface area contributed by atoms with Gasteiger partial charge in [-0.25, -0.2) is 0 Å². The maximum atomic E-state index is 5.59. The molecule has 0 aliphatic carbocycles. The summed E-state index contributed by atoms with van der Waals surface area (Å²) in [5, 5.41) is 0. The first-order chi connectivity index (χ1) is 9.35. The highest BCUT2D eigenvalue weighted by Gasteiger charge is 2.18. The molecule has 0 aromatic heterocycles. The molecule has 3 rings (SSSR count). The van der Waals surface area contributed by atoms with E-state index in [1.54, 1.807) is 0 Å². The molecule has 0 bridgehead atoms. The van der Waals surface area contributed by atoms with Crippen molar-refractivity contribution in [2.45, 2.75) is 6.54 Å². The third-order valence-electron chi connectivity index (χ3n) is 3.75. The van der Waals surface area contributed by atoms with Crippen molar-refractivity contribution in [3.8, 4) is 11.5 Å². The lowest BCUT2D eigenvalue weighted by atomic mass is 10.1. The first-order valence-electron chi connectivity index (χ1n) is 6.88. The molecule has 2 aliphatic rings. The second-order valence-electron chi connectivity index (χ2n) is 5.09.